The van der Waals surface area contributed by atoms with Crippen molar-refractivity contribution in [3.63, 3.8) is 0 Å². The number of carbonyl (C=O) groups is 1. The average Bonchev–Trinajstić information content (AvgIpc) is 2.68. The van der Waals surface area contributed by atoms with Crippen molar-refractivity contribution in [2.45, 2.75) is 4.90 Å². The molecule has 1 amide bonds. The zero-order valence-electron chi connectivity index (χ0n) is 14.8. The summed E-state index contributed by atoms with van der Waals surface area (Å²) in [6, 6.07) is 17.4. The molecule has 144 valence electrons. The predicted octanol–water partition coefficient (Wildman–Crippen LogP) is 3.89. The van der Waals surface area contributed by atoms with Crippen LogP contribution in [0.1, 0.15) is 10.4 Å². The van der Waals surface area contributed by atoms with E-state index in [0.29, 0.717) is 11.4 Å². The summed E-state index contributed by atoms with van der Waals surface area (Å²) in [4.78, 5) is 12.3. The molecule has 0 unspecified atom stereocenters. The first kappa shape index (κ1) is 19.4. The number of anilines is 2. The fourth-order valence-electron chi connectivity index (χ4n) is 2.45. The van der Waals surface area contributed by atoms with E-state index in [9.17, 15) is 17.6 Å². The molecule has 28 heavy (non-hydrogen) atoms. The summed E-state index contributed by atoms with van der Waals surface area (Å²) in [5.74, 6) is -0.441. The van der Waals surface area contributed by atoms with Gasteiger partial charge in [-0.25, -0.2) is 12.8 Å². The Bertz CT molecular complexity index is 1100. The van der Waals surface area contributed by atoms with Crippen LogP contribution >= 0.6 is 0 Å². The SMILES string of the molecule is COc1ccc(NS(=O)(=O)c2cccc(C(=O)Nc3cccc(F)c3)c2)cc1. The minimum absolute atomic E-state index is 0.0739. The van der Waals surface area contributed by atoms with E-state index >= 15 is 0 Å². The average molecular weight is 400 g/mol. The molecule has 0 aromatic heterocycles. The van der Waals surface area contributed by atoms with Crippen LogP contribution in [0.4, 0.5) is 15.8 Å². The zero-order chi connectivity index (χ0) is 20.1. The molecule has 6 nitrogen and oxygen atoms in total. The largest absolute Gasteiger partial charge is 0.497 e. The summed E-state index contributed by atoms with van der Waals surface area (Å²) in [6.07, 6.45) is 0. The second-order valence-corrected chi connectivity index (χ2v) is 7.51. The molecule has 0 bridgehead atoms. The maximum Gasteiger partial charge on any atom is 0.261 e. The van der Waals surface area contributed by atoms with Gasteiger partial charge < -0.3 is 10.1 Å². The summed E-state index contributed by atoms with van der Waals surface area (Å²) in [6.45, 7) is 0. The highest BCUT2D eigenvalue weighted by molar-refractivity contribution is 7.92. The first-order valence-electron chi connectivity index (χ1n) is 8.21. The van der Waals surface area contributed by atoms with Crippen molar-refractivity contribution in [1.82, 2.24) is 0 Å². The van der Waals surface area contributed by atoms with Crippen LogP contribution in [0, 0.1) is 5.82 Å². The minimum Gasteiger partial charge on any atom is -0.497 e. The highest BCUT2D eigenvalue weighted by Gasteiger charge is 2.17. The molecule has 0 aliphatic rings. The van der Waals surface area contributed by atoms with E-state index in [2.05, 4.69) is 10.0 Å². The van der Waals surface area contributed by atoms with Crippen molar-refractivity contribution < 1.29 is 22.3 Å². The van der Waals surface area contributed by atoms with E-state index in [1.54, 1.807) is 24.3 Å². The highest BCUT2D eigenvalue weighted by Crippen LogP contribution is 2.20. The molecule has 3 aromatic rings. The standard InChI is InChI=1S/C20H17FN2O4S/c1-27-18-10-8-16(9-11-18)23-28(25,26)19-7-2-4-14(12-19)20(24)22-17-6-3-5-15(21)13-17/h2-13,23H,1H3,(H,22,24). The van der Waals surface area contributed by atoms with Crippen molar-refractivity contribution >= 4 is 27.3 Å². The first-order valence-corrected chi connectivity index (χ1v) is 9.69. The van der Waals surface area contributed by atoms with Crippen LogP contribution in [0.3, 0.4) is 0 Å². The number of nitrogens with one attached hydrogen (secondary N) is 2. The number of rotatable bonds is 6. The Hall–Kier alpha value is -3.39. The third-order valence-electron chi connectivity index (χ3n) is 3.83. The molecule has 0 atom stereocenters. The maximum atomic E-state index is 13.2. The van der Waals surface area contributed by atoms with Gasteiger partial charge in [0.1, 0.15) is 11.6 Å². The minimum atomic E-state index is -3.90. The van der Waals surface area contributed by atoms with Crippen LogP contribution in [-0.4, -0.2) is 21.4 Å². The molecular formula is C20H17FN2O4S. The normalized spacial score (nSPS) is 10.9. The Kier molecular flexibility index (Phi) is 5.60. The molecule has 0 aliphatic heterocycles. The van der Waals surface area contributed by atoms with Crippen LogP contribution in [-0.2, 0) is 10.0 Å². The number of ether oxygens (including phenoxy) is 1. The second-order valence-electron chi connectivity index (χ2n) is 5.83. The highest BCUT2D eigenvalue weighted by atomic mass is 32.2. The van der Waals surface area contributed by atoms with Crippen LogP contribution in [0.15, 0.2) is 77.7 Å². The Morgan fingerprint density at radius 1 is 0.929 bits per heavy atom. The number of carbonyl (C=O) groups excluding carboxylic acids is 1. The van der Waals surface area contributed by atoms with Crippen molar-refractivity contribution in [3.8, 4) is 5.75 Å². The fourth-order valence-corrected chi connectivity index (χ4v) is 3.55. The predicted molar refractivity (Wildman–Crippen MR) is 105 cm³/mol. The summed E-state index contributed by atoms with van der Waals surface area (Å²) >= 11 is 0. The molecule has 3 aromatic carbocycles. The van der Waals surface area contributed by atoms with Crippen molar-refractivity contribution in [2.75, 3.05) is 17.1 Å². The van der Waals surface area contributed by atoms with Crippen LogP contribution in [0.5, 0.6) is 5.75 Å². The van der Waals surface area contributed by atoms with Gasteiger partial charge in [0.25, 0.3) is 15.9 Å². The van der Waals surface area contributed by atoms with Crippen molar-refractivity contribution in [3.05, 3.63) is 84.2 Å². The van der Waals surface area contributed by atoms with Gasteiger partial charge in [-0.3, -0.25) is 9.52 Å². The molecule has 8 heteroatoms. The van der Waals surface area contributed by atoms with Gasteiger partial charge in [-0.1, -0.05) is 12.1 Å². The van der Waals surface area contributed by atoms with Gasteiger partial charge in [0.05, 0.1) is 12.0 Å². The van der Waals surface area contributed by atoms with E-state index in [0.717, 1.165) is 0 Å². The monoisotopic (exact) mass is 400 g/mol. The molecule has 0 saturated heterocycles. The molecule has 0 saturated carbocycles. The van der Waals surface area contributed by atoms with Gasteiger partial charge in [0.15, 0.2) is 0 Å². The van der Waals surface area contributed by atoms with Gasteiger partial charge in [-0.2, -0.15) is 0 Å². The van der Waals surface area contributed by atoms with E-state index in [-0.39, 0.29) is 16.1 Å². The van der Waals surface area contributed by atoms with E-state index < -0.39 is 21.7 Å². The topological polar surface area (TPSA) is 84.5 Å². The van der Waals surface area contributed by atoms with Gasteiger partial charge in [0.2, 0.25) is 0 Å². The van der Waals surface area contributed by atoms with Crippen molar-refractivity contribution in [2.24, 2.45) is 0 Å². The Morgan fingerprint density at radius 2 is 1.64 bits per heavy atom. The number of sulfonamides is 1. The van der Waals surface area contributed by atoms with Gasteiger partial charge in [0, 0.05) is 16.9 Å². The Labute approximate surface area is 162 Å². The van der Waals surface area contributed by atoms with E-state index in [1.165, 1.54) is 55.6 Å². The fraction of sp³-hybridized carbons (Fsp3) is 0.0500. The molecule has 0 radical (unpaired) electrons. The third kappa shape index (κ3) is 4.66. The number of halogens is 1. The van der Waals surface area contributed by atoms with Gasteiger partial charge >= 0.3 is 0 Å². The smallest absolute Gasteiger partial charge is 0.261 e. The second kappa shape index (κ2) is 8.10. The summed E-state index contributed by atoms with van der Waals surface area (Å²) in [5, 5.41) is 2.53. The maximum absolute atomic E-state index is 13.2. The lowest BCUT2D eigenvalue weighted by Gasteiger charge is -2.10. The molecule has 2 N–H and O–H groups in total. The lowest BCUT2D eigenvalue weighted by molar-refractivity contribution is 0.102. The molecular weight excluding hydrogens is 383 g/mol. The Balaban J connectivity index is 1.79. The molecule has 0 aliphatic carbocycles. The quantitative estimate of drug-likeness (QED) is 0.658. The summed E-state index contributed by atoms with van der Waals surface area (Å²) < 4.78 is 46.0. The number of hydrogen-bond donors (Lipinski definition) is 2. The lowest BCUT2D eigenvalue weighted by atomic mass is 10.2. The van der Waals surface area contributed by atoms with Crippen LogP contribution < -0.4 is 14.8 Å². The molecule has 3 rings (SSSR count). The van der Waals surface area contributed by atoms with Crippen LogP contribution in [0.2, 0.25) is 0 Å². The van der Waals surface area contributed by atoms with Crippen molar-refractivity contribution in [1.29, 1.82) is 0 Å². The molecule has 0 spiro atoms. The van der Waals surface area contributed by atoms with E-state index in [1.807, 2.05) is 0 Å². The zero-order valence-corrected chi connectivity index (χ0v) is 15.7. The summed E-state index contributed by atoms with van der Waals surface area (Å²) in [5.41, 5.74) is 0.756. The third-order valence-corrected chi connectivity index (χ3v) is 5.21. The molecule has 0 fully saturated rings. The van der Waals surface area contributed by atoms with Gasteiger partial charge in [-0.05, 0) is 60.7 Å². The van der Waals surface area contributed by atoms with Gasteiger partial charge in [-0.15, -0.1) is 0 Å². The molecule has 0 heterocycles. The number of benzene rings is 3. The number of hydrogen-bond acceptors (Lipinski definition) is 4. The van der Waals surface area contributed by atoms with E-state index in [4.69, 9.17) is 4.74 Å². The number of methoxy groups -OCH3 is 1. The first-order chi connectivity index (χ1) is 13.4. The summed E-state index contributed by atoms with van der Waals surface area (Å²) in [7, 11) is -2.39. The Morgan fingerprint density at radius 3 is 2.32 bits per heavy atom. The van der Waals surface area contributed by atoms with Crippen LogP contribution in [0.25, 0.3) is 0 Å². The lowest BCUT2D eigenvalue weighted by Crippen LogP contribution is -2.16. The number of amides is 1.